The Morgan fingerprint density at radius 2 is 1.79 bits per heavy atom. The molecule has 1 aliphatic carbocycles. The van der Waals surface area contributed by atoms with E-state index in [1.54, 1.807) is 0 Å². The molecule has 3 aromatic carbocycles. The SMILES string of the molecule is O=C(CCc1cccc(-c2ccc3c(c2)CC=C3)c1)[C@@H]1CCCN1S(=O)(=O)c1ccc(F)cc1. The summed E-state index contributed by atoms with van der Waals surface area (Å²) in [4.78, 5) is 13.1. The van der Waals surface area contributed by atoms with Crippen molar-refractivity contribution in [2.24, 2.45) is 0 Å². The van der Waals surface area contributed by atoms with E-state index in [0.29, 0.717) is 25.8 Å². The number of rotatable bonds is 7. The molecule has 0 spiro atoms. The van der Waals surface area contributed by atoms with Gasteiger partial charge in [-0.3, -0.25) is 4.79 Å². The fourth-order valence-electron chi connectivity index (χ4n) is 4.87. The van der Waals surface area contributed by atoms with Crippen molar-refractivity contribution < 1.29 is 17.6 Å². The third-order valence-electron chi connectivity index (χ3n) is 6.69. The molecule has 1 aliphatic heterocycles. The lowest BCUT2D eigenvalue weighted by atomic mass is 9.96. The molecule has 6 heteroatoms. The molecule has 4 nitrogen and oxygen atoms in total. The quantitative estimate of drug-likeness (QED) is 0.459. The van der Waals surface area contributed by atoms with E-state index < -0.39 is 21.9 Å². The van der Waals surface area contributed by atoms with Crippen LogP contribution in [-0.2, 0) is 27.7 Å². The van der Waals surface area contributed by atoms with Gasteiger partial charge in [-0.25, -0.2) is 12.8 Å². The van der Waals surface area contributed by atoms with Gasteiger partial charge in [0.2, 0.25) is 10.0 Å². The number of ketones is 1. The molecule has 0 N–H and O–H groups in total. The number of benzene rings is 3. The van der Waals surface area contributed by atoms with Crippen LogP contribution < -0.4 is 0 Å². The Labute approximate surface area is 199 Å². The molecule has 174 valence electrons. The average molecular weight is 476 g/mol. The van der Waals surface area contributed by atoms with Crippen molar-refractivity contribution in [3.05, 3.63) is 95.3 Å². The molecule has 0 amide bonds. The summed E-state index contributed by atoms with van der Waals surface area (Å²) in [7, 11) is -3.84. The third-order valence-corrected chi connectivity index (χ3v) is 8.62. The summed E-state index contributed by atoms with van der Waals surface area (Å²) in [5, 5.41) is 0. The second kappa shape index (κ2) is 9.28. The zero-order valence-corrected chi connectivity index (χ0v) is 19.6. The molecular formula is C28H26FNO3S. The summed E-state index contributed by atoms with van der Waals surface area (Å²) >= 11 is 0. The second-order valence-electron chi connectivity index (χ2n) is 8.91. The fourth-order valence-corrected chi connectivity index (χ4v) is 6.55. The largest absolute Gasteiger partial charge is 0.298 e. The minimum Gasteiger partial charge on any atom is -0.298 e. The summed E-state index contributed by atoms with van der Waals surface area (Å²) in [6.45, 7) is 0.304. The minimum atomic E-state index is -3.84. The highest BCUT2D eigenvalue weighted by molar-refractivity contribution is 7.89. The van der Waals surface area contributed by atoms with Crippen LogP contribution in [0.5, 0.6) is 0 Å². The first-order chi connectivity index (χ1) is 16.4. The number of carbonyl (C=O) groups is 1. The van der Waals surface area contributed by atoms with Crippen molar-refractivity contribution >= 4 is 21.9 Å². The number of fused-ring (bicyclic) bond motifs is 1. The lowest BCUT2D eigenvalue weighted by Gasteiger charge is -2.23. The van der Waals surface area contributed by atoms with Crippen molar-refractivity contribution in [1.29, 1.82) is 0 Å². The number of nitrogens with zero attached hydrogens (tertiary/aromatic N) is 1. The molecule has 0 bridgehead atoms. The summed E-state index contributed by atoms with van der Waals surface area (Å²) in [5.41, 5.74) is 5.91. The first kappa shape index (κ1) is 22.7. The maximum Gasteiger partial charge on any atom is 0.243 e. The van der Waals surface area contributed by atoms with Gasteiger partial charge in [0.1, 0.15) is 5.82 Å². The van der Waals surface area contributed by atoms with Crippen LogP contribution >= 0.6 is 0 Å². The van der Waals surface area contributed by atoms with Gasteiger partial charge in [-0.2, -0.15) is 4.31 Å². The average Bonchev–Trinajstić information content (AvgIpc) is 3.53. The number of hydrogen-bond acceptors (Lipinski definition) is 3. The Hall–Kier alpha value is -3.09. The van der Waals surface area contributed by atoms with Crippen molar-refractivity contribution in [3.63, 3.8) is 0 Å². The standard InChI is InChI=1S/C28H26FNO3S/c29-25-12-14-26(15-13-25)34(32,33)30-17-3-8-27(30)28(31)16-9-20-4-1-6-22(18-20)24-11-10-21-5-2-7-23(21)19-24/h1-2,4-6,10-15,18-19,27H,3,7-9,16-17H2/t27-/m0/s1. The Kier molecular flexibility index (Phi) is 6.19. The molecule has 34 heavy (non-hydrogen) atoms. The maximum absolute atomic E-state index is 13.2. The predicted molar refractivity (Wildman–Crippen MR) is 131 cm³/mol. The fraction of sp³-hybridized carbons (Fsp3) is 0.250. The van der Waals surface area contributed by atoms with Crippen molar-refractivity contribution in [3.8, 4) is 11.1 Å². The summed E-state index contributed by atoms with van der Waals surface area (Å²) in [6, 6.07) is 18.8. The minimum absolute atomic E-state index is 0.0193. The van der Waals surface area contributed by atoms with Gasteiger partial charge in [0.25, 0.3) is 0 Å². The van der Waals surface area contributed by atoms with Crippen molar-refractivity contribution in [2.75, 3.05) is 6.54 Å². The van der Waals surface area contributed by atoms with E-state index in [9.17, 15) is 17.6 Å². The second-order valence-corrected chi connectivity index (χ2v) is 10.8. The molecule has 0 unspecified atom stereocenters. The lowest BCUT2D eigenvalue weighted by molar-refractivity contribution is -0.122. The highest BCUT2D eigenvalue weighted by atomic mass is 32.2. The van der Waals surface area contributed by atoms with Gasteiger partial charge in [0.05, 0.1) is 10.9 Å². The van der Waals surface area contributed by atoms with Crippen LogP contribution in [0.15, 0.2) is 77.7 Å². The van der Waals surface area contributed by atoms with Crippen LogP contribution in [0.25, 0.3) is 17.2 Å². The first-order valence-electron chi connectivity index (χ1n) is 11.6. The number of allylic oxidation sites excluding steroid dienone is 1. The molecule has 3 aromatic rings. The lowest BCUT2D eigenvalue weighted by Crippen LogP contribution is -2.40. The van der Waals surface area contributed by atoms with Gasteiger partial charge in [0.15, 0.2) is 5.78 Å². The first-order valence-corrected chi connectivity index (χ1v) is 13.0. The molecule has 1 saturated heterocycles. The number of aryl methyl sites for hydroxylation is 1. The van der Waals surface area contributed by atoms with E-state index in [1.165, 1.54) is 27.6 Å². The van der Waals surface area contributed by atoms with Gasteiger partial charge in [-0.1, -0.05) is 54.6 Å². The van der Waals surface area contributed by atoms with Crippen LogP contribution in [0.2, 0.25) is 0 Å². The van der Waals surface area contributed by atoms with Crippen molar-refractivity contribution in [2.45, 2.75) is 43.0 Å². The topological polar surface area (TPSA) is 54.5 Å². The van der Waals surface area contributed by atoms with Gasteiger partial charge in [-0.15, -0.1) is 0 Å². The predicted octanol–water partition coefficient (Wildman–Crippen LogP) is 5.42. The molecule has 1 atom stereocenters. The maximum atomic E-state index is 13.2. The van der Waals surface area contributed by atoms with Crippen LogP contribution in [-0.4, -0.2) is 31.1 Å². The van der Waals surface area contributed by atoms with Crippen LogP contribution in [0.1, 0.15) is 36.0 Å². The Morgan fingerprint density at radius 1 is 1.00 bits per heavy atom. The van der Waals surface area contributed by atoms with E-state index in [1.807, 2.05) is 12.1 Å². The molecule has 5 rings (SSSR count). The number of hydrogen-bond donors (Lipinski definition) is 0. The van der Waals surface area contributed by atoms with E-state index >= 15 is 0 Å². The Morgan fingerprint density at radius 3 is 2.62 bits per heavy atom. The molecule has 0 saturated carbocycles. The number of carbonyl (C=O) groups excluding carboxylic acids is 1. The molecule has 1 fully saturated rings. The van der Waals surface area contributed by atoms with Gasteiger partial charge >= 0.3 is 0 Å². The monoisotopic (exact) mass is 475 g/mol. The summed E-state index contributed by atoms with van der Waals surface area (Å²) < 4.78 is 40.7. The molecule has 0 radical (unpaired) electrons. The molecule has 0 aromatic heterocycles. The van der Waals surface area contributed by atoms with E-state index in [0.717, 1.165) is 35.2 Å². The number of halogens is 1. The van der Waals surface area contributed by atoms with E-state index in [4.69, 9.17) is 0 Å². The zero-order valence-electron chi connectivity index (χ0n) is 18.8. The van der Waals surface area contributed by atoms with E-state index in [2.05, 4.69) is 42.5 Å². The van der Waals surface area contributed by atoms with Gasteiger partial charge in [-0.05, 0) is 77.8 Å². The normalized spacial score (nSPS) is 17.7. The summed E-state index contributed by atoms with van der Waals surface area (Å²) in [5.74, 6) is -0.566. The van der Waals surface area contributed by atoms with Gasteiger partial charge in [0, 0.05) is 13.0 Å². The van der Waals surface area contributed by atoms with Crippen LogP contribution in [0.4, 0.5) is 4.39 Å². The molecule has 1 heterocycles. The third kappa shape index (κ3) is 4.48. The number of sulfonamides is 1. The van der Waals surface area contributed by atoms with Gasteiger partial charge < -0.3 is 0 Å². The highest BCUT2D eigenvalue weighted by Crippen LogP contribution is 2.29. The zero-order chi connectivity index (χ0) is 23.7. The smallest absolute Gasteiger partial charge is 0.243 e. The highest BCUT2D eigenvalue weighted by Gasteiger charge is 2.38. The summed E-state index contributed by atoms with van der Waals surface area (Å²) in [6.07, 6.45) is 7.25. The molecule has 2 aliphatic rings. The van der Waals surface area contributed by atoms with Crippen LogP contribution in [0.3, 0.4) is 0 Å². The van der Waals surface area contributed by atoms with E-state index in [-0.39, 0.29) is 17.1 Å². The Bertz CT molecular complexity index is 1360. The molecular weight excluding hydrogens is 449 g/mol. The van der Waals surface area contributed by atoms with Crippen molar-refractivity contribution in [1.82, 2.24) is 4.31 Å². The number of Topliss-reactive ketones (excluding diaryl/α,β-unsaturated/α-hetero) is 1. The Balaban J connectivity index is 1.28. The van der Waals surface area contributed by atoms with Crippen LogP contribution in [0, 0.1) is 5.82 Å².